The Balaban J connectivity index is 1.83. The summed E-state index contributed by atoms with van der Waals surface area (Å²) >= 11 is 0. The largest absolute Gasteiger partial charge is 0.493 e. The average Bonchev–Trinajstić information content (AvgIpc) is 2.70. The summed E-state index contributed by atoms with van der Waals surface area (Å²) in [5.41, 5.74) is 2.75. The number of rotatable bonds is 4. The third-order valence-corrected chi connectivity index (χ3v) is 3.85. The van der Waals surface area contributed by atoms with Gasteiger partial charge in [0.15, 0.2) is 11.5 Å². The summed E-state index contributed by atoms with van der Waals surface area (Å²) in [4.78, 5) is 4.41. The summed E-state index contributed by atoms with van der Waals surface area (Å²) in [5, 5.41) is 1.08. The van der Waals surface area contributed by atoms with Crippen LogP contribution >= 0.6 is 0 Å². The first-order valence-corrected chi connectivity index (χ1v) is 8.08. The molecular formula is C22H19NO3. The van der Waals surface area contributed by atoms with Gasteiger partial charge in [0.2, 0.25) is 5.75 Å². The molecule has 0 bridgehead atoms. The molecule has 0 amide bonds. The highest BCUT2D eigenvalue weighted by molar-refractivity contribution is 5.79. The van der Waals surface area contributed by atoms with Crippen LogP contribution < -0.4 is 14.2 Å². The minimum Gasteiger partial charge on any atom is -0.493 e. The molecule has 0 saturated carbocycles. The molecule has 4 heteroatoms. The van der Waals surface area contributed by atoms with Crippen molar-refractivity contribution in [2.75, 3.05) is 21.3 Å². The Kier molecular flexibility index (Phi) is 5.40. The van der Waals surface area contributed by atoms with E-state index < -0.39 is 0 Å². The van der Waals surface area contributed by atoms with Crippen molar-refractivity contribution in [3.05, 3.63) is 65.9 Å². The number of benzene rings is 2. The SMILES string of the molecule is COc1cc(/C=C\C#Cc2cnc3ccccc3c2)cc(OC)c1OC. The van der Waals surface area contributed by atoms with Crippen LogP contribution in [0.25, 0.3) is 17.0 Å². The number of methoxy groups -OCH3 is 3. The van der Waals surface area contributed by atoms with Crippen LogP contribution in [0.5, 0.6) is 17.2 Å². The van der Waals surface area contributed by atoms with Crippen molar-refractivity contribution in [2.24, 2.45) is 0 Å². The summed E-state index contributed by atoms with van der Waals surface area (Å²) in [6, 6.07) is 13.7. The van der Waals surface area contributed by atoms with Gasteiger partial charge in [0.25, 0.3) is 0 Å². The molecule has 4 nitrogen and oxygen atoms in total. The number of ether oxygens (including phenoxy) is 3. The predicted molar refractivity (Wildman–Crippen MR) is 104 cm³/mol. The molecule has 0 unspecified atom stereocenters. The maximum atomic E-state index is 5.35. The van der Waals surface area contributed by atoms with Crippen LogP contribution in [0.1, 0.15) is 11.1 Å². The van der Waals surface area contributed by atoms with Crippen LogP contribution in [0.4, 0.5) is 0 Å². The highest BCUT2D eigenvalue weighted by Crippen LogP contribution is 2.38. The zero-order chi connectivity index (χ0) is 18.4. The van der Waals surface area contributed by atoms with Crippen LogP contribution in [-0.2, 0) is 0 Å². The summed E-state index contributed by atoms with van der Waals surface area (Å²) < 4.78 is 16.0. The van der Waals surface area contributed by atoms with Crippen molar-refractivity contribution in [3.63, 3.8) is 0 Å². The maximum Gasteiger partial charge on any atom is 0.203 e. The summed E-state index contributed by atoms with van der Waals surface area (Å²) in [5.74, 6) is 7.92. The van der Waals surface area contributed by atoms with Crippen molar-refractivity contribution in [3.8, 4) is 29.1 Å². The van der Waals surface area contributed by atoms with E-state index in [0.717, 1.165) is 22.0 Å². The van der Waals surface area contributed by atoms with Gasteiger partial charge in [-0.25, -0.2) is 0 Å². The third kappa shape index (κ3) is 3.79. The van der Waals surface area contributed by atoms with Gasteiger partial charge in [0.05, 0.1) is 26.8 Å². The van der Waals surface area contributed by atoms with E-state index in [1.54, 1.807) is 33.6 Å². The lowest BCUT2D eigenvalue weighted by Gasteiger charge is -2.12. The molecule has 3 rings (SSSR count). The third-order valence-electron chi connectivity index (χ3n) is 3.85. The first-order chi connectivity index (χ1) is 12.7. The molecule has 0 saturated heterocycles. The molecule has 2 aromatic carbocycles. The zero-order valence-corrected chi connectivity index (χ0v) is 14.9. The smallest absolute Gasteiger partial charge is 0.203 e. The van der Waals surface area contributed by atoms with Gasteiger partial charge in [-0.15, -0.1) is 0 Å². The number of nitrogens with zero attached hydrogens (tertiary/aromatic N) is 1. The molecule has 3 aromatic rings. The normalized spacial score (nSPS) is 10.4. The molecule has 1 heterocycles. The second-order valence-electron chi connectivity index (χ2n) is 5.48. The topological polar surface area (TPSA) is 40.6 Å². The maximum absolute atomic E-state index is 5.35. The Morgan fingerprint density at radius 2 is 1.65 bits per heavy atom. The fourth-order valence-corrected chi connectivity index (χ4v) is 2.60. The molecule has 0 radical (unpaired) electrons. The fourth-order valence-electron chi connectivity index (χ4n) is 2.60. The second-order valence-corrected chi connectivity index (χ2v) is 5.48. The van der Waals surface area contributed by atoms with Gasteiger partial charge in [0, 0.05) is 17.1 Å². The number of hydrogen-bond acceptors (Lipinski definition) is 4. The molecule has 1 aromatic heterocycles. The lowest BCUT2D eigenvalue weighted by Crippen LogP contribution is -1.95. The quantitative estimate of drug-likeness (QED) is 0.660. The van der Waals surface area contributed by atoms with Gasteiger partial charge >= 0.3 is 0 Å². The molecule has 0 N–H and O–H groups in total. The molecule has 130 valence electrons. The van der Waals surface area contributed by atoms with Gasteiger partial charge in [-0.2, -0.15) is 0 Å². The van der Waals surface area contributed by atoms with E-state index in [1.807, 2.05) is 48.5 Å². The van der Waals surface area contributed by atoms with Gasteiger partial charge in [-0.05, 0) is 42.0 Å². The van der Waals surface area contributed by atoms with Gasteiger partial charge < -0.3 is 14.2 Å². The van der Waals surface area contributed by atoms with E-state index in [-0.39, 0.29) is 0 Å². The Bertz CT molecular complexity index is 988. The van der Waals surface area contributed by atoms with Gasteiger partial charge in [-0.1, -0.05) is 30.0 Å². The number of pyridine rings is 1. The molecular weight excluding hydrogens is 326 g/mol. The van der Waals surface area contributed by atoms with E-state index in [2.05, 4.69) is 16.8 Å². The van der Waals surface area contributed by atoms with E-state index in [1.165, 1.54) is 0 Å². The molecule has 0 fully saturated rings. The Morgan fingerprint density at radius 3 is 2.35 bits per heavy atom. The molecule has 0 spiro atoms. The van der Waals surface area contributed by atoms with Crippen molar-refractivity contribution >= 4 is 17.0 Å². The fraction of sp³-hybridized carbons (Fsp3) is 0.136. The Labute approximate surface area is 153 Å². The van der Waals surface area contributed by atoms with Crippen molar-refractivity contribution < 1.29 is 14.2 Å². The lowest BCUT2D eigenvalue weighted by molar-refractivity contribution is 0.324. The van der Waals surface area contributed by atoms with Gasteiger partial charge in [-0.3, -0.25) is 4.98 Å². The second kappa shape index (κ2) is 8.09. The van der Waals surface area contributed by atoms with Crippen LogP contribution in [-0.4, -0.2) is 26.3 Å². The highest BCUT2D eigenvalue weighted by atomic mass is 16.5. The molecule has 0 aliphatic rings. The average molecular weight is 345 g/mol. The Hall–Kier alpha value is -3.45. The summed E-state index contributed by atoms with van der Waals surface area (Å²) in [7, 11) is 4.77. The minimum absolute atomic E-state index is 0.570. The van der Waals surface area contributed by atoms with E-state index in [9.17, 15) is 0 Å². The number of fused-ring (bicyclic) bond motifs is 1. The first kappa shape index (κ1) is 17.4. The van der Waals surface area contributed by atoms with Gasteiger partial charge in [0.1, 0.15) is 0 Å². The van der Waals surface area contributed by atoms with Crippen molar-refractivity contribution in [2.45, 2.75) is 0 Å². The van der Waals surface area contributed by atoms with Crippen LogP contribution in [0.3, 0.4) is 0 Å². The molecule has 0 atom stereocenters. The predicted octanol–water partition coefficient (Wildman–Crippen LogP) is 4.33. The molecule has 26 heavy (non-hydrogen) atoms. The van der Waals surface area contributed by atoms with Crippen LogP contribution in [0.15, 0.2) is 54.7 Å². The van der Waals surface area contributed by atoms with Crippen molar-refractivity contribution in [1.29, 1.82) is 0 Å². The van der Waals surface area contributed by atoms with Crippen LogP contribution in [0, 0.1) is 11.8 Å². The summed E-state index contributed by atoms with van der Waals surface area (Å²) in [6.45, 7) is 0. The number of allylic oxidation sites excluding steroid dienone is 1. The first-order valence-electron chi connectivity index (χ1n) is 8.08. The van der Waals surface area contributed by atoms with E-state index in [0.29, 0.717) is 17.2 Å². The lowest BCUT2D eigenvalue weighted by atomic mass is 10.1. The highest BCUT2D eigenvalue weighted by Gasteiger charge is 2.11. The number of aromatic nitrogens is 1. The number of hydrogen-bond donors (Lipinski definition) is 0. The minimum atomic E-state index is 0.570. The van der Waals surface area contributed by atoms with E-state index in [4.69, 9.17) is 14.2 Å². The van der Waals surface area contributed by atoms with Crippen LogP contribution in [0.2, 0.25) is 0 Å². The summed E-state index contributed by atoms with van der Waals surface area (Å²) in [6.07, 6.45) is 5.46. The van der Waals surface area contributed by atoms with Crippen molar-refractivity contribution in [1.82, 2.24) is 4.98 Å². The molecule has 0 aliphatic heterocycles. The Morgan fingerprint density at radius 1 is 0.923 bits per heavy atom. The number of para-hydroxylation sites is 1. The standard InChI is InChI=1S/C22H19NO3/c1-24-20-13-16(14-21(25-2)22(20)26-3)8-4-5-9-17-12-18-10-6-7-11-19(18)23-15-17/h4,6-8,10-15H,1-3H3/b8-4-. The molecule has 0 aliphatic carbocycles. The van der Waals surface area contributed by atoms with E-state index >= 15 is 0 Å². The monoisotopic (exact) mass is 345 g/mol. The zero-order valence-electron chi connectivity index (χ0n) is 14.9.